The summed E-state index contributed by atoms with van der Waals surface area (Å²) in [6, 6.07) is 0. The van der Waals surface area contributed by atoms with Crippen molar-refractivity contribution in [3.05, 3.63) is 48.6 Å². The summed E-state index contributed by atoms with van der Waals surface area (Å²) in [5.41, 5.74) is 0. The first-order chi connectivity index (χ1) is 13.0. The monoisotopic (exact) mass is 376 g/mol. The largest absolute Gasteiger partial charge is 0.481 e. The number of aliphatic carboxylic acids is 1. The lowest BCUT2D eigenvalue weighted by atomic mass is 9.90. The van der Waals surface area contributed by atoms with Crippen LogP contribution in [0, 0.1) is 11.8 Å². The first-order valence-corrected chi connectivity index (χ1v) is 9.69. The third kappa shape index (κ3) is 9.50. The van der Waals surface area contributed by atoms with Gasteiger partial charge in [0.25, 0.3) is 0 Å². The molecule has 0 amide bonds. The molecule has 0 aromatic carbocycles. The van der Waals surface area contributed by atoms with Crippen LogP contribution in [0.2, 0.25) is 0 Å². The summed E-state index contributed by atoms with van der Waals surface area (Å²) in [5.74, 6) is -1.16. The van der Waals surface area contributed by atoms with E-state index in [1.165, 1.54) is 0 Å². The Morgan fingerprint density at radius 3 is 2.41 bits per heavy atom. The van der Waals surface area contributed by atoms with Crippen molar-refractivity contribution in [3.8, 4) is 0 Å². The van der Waals surface area contributed by atoms with E-state index in [0.717, 1.165) is 12.8 Å². The summed E-state index contributed by atoms with van der Waals surface area (Å²) < 4.78 is 0. The number of carboxylic acid groups (broad SMARTS) is 1. The van der Waals surface area contributed by atoms with Gasteiger partial charge in [0.05, 0.1) is 12.2 Å². The van der Waals surface area contributed by atoms with Crippen LogP contribution in [-0.2, 0) is 9.59 Å². The van der Waals surface area contributed by atoms with Crippen molar-refractivity contribution in [2.75, 3.05) is 0 Å². The van der Waals surface area contributed by atoms with Gasteiger partial charge < -0.3 is 15.3 Å². The molecule has 150 valence electrons. The SMILES string of the molecule is CC[C@@H](O)/C=C/[C@@H]1[C@@H](O)CC(=O)[C@@H]1C/C=C\C/C=C\C/C=C\CCC(=O)O. The lowest BCUT2D eigenvalue weighted by Gasteiger charge is -2.16. The van der Waals surface area contributed by atoms with Crippen LogP contribution in [0.1, 0.15) is 51.9 Å². The zero-order valence-electron chi connectivity index (χ0n) is 16.0. The molecule has 5 heteroatoms. The Balaban J connectivity index is 2.35. The third-order valence-corrected chi connectivity index (χ3v) is 4.67. The van der Waals surface area contributed by atoms with Crippen molar-refractivity contribution >= 4 is 11.8 Å². The van der Waals surface area contributed by atoms with E-state index in [1.54, 1.807) is 12.2 Å². The summed E-state index contributed by atoms with van der Waals surface area (Å²) in [6.07, 6.45) is 17.7. The minimum absolute atomic E-state index is 0.0785. The molecule has 1 rings (SSSR count). The van der Waals surface area contributed by atoms with Gasteiger partial charge in [-0.25, -0.2) is 0 Å². The Bertz CT molecular complexity index is 573. The van der Waals surface area contributed by atoms with Gasteiger partial charge in [0.1, 0.15) is 5.78 Å². The van der Waals surface area contributed by atoms with Gasteiger partial charge in [0, 0.05) is 24.7 Å². The molecule has 1 fully saturated rings. The van der Waals surface area contributed by atoms with Crippen LogP contribution in [-0.4, -0.2) is 39.3 Å². The zero-order chi connectivity index (χ0) is 20.1. The maximum Gasteiger partial charge on any atom is 0.303 e. The number of carbonyl (C=O) groups is 2. The van der Waals surface area contributed by atoms with Crippen molar-refractivity contribution in [3.63, 3.8) is 0 Å². The summed E-state index contributed by atoms with van der Waals surface area (Å²) in [7, 11) is 0. The first-order valence-electron chi connectivity index (χ1n) is 9.69. The maximum atomic E-state index is 12.1. The second kappa shape index (κ2) is 13.2. The highest BCUT2D eigenvalue weighted by Gasteiger charge is 2.39. The Labute approximate surface area is 161 Å². The summed E-state index contributed by atoms with van der Waals surface area (Å²) in [5, 5.41) is 28.2. The van der Waals surface area contributed by atoms with Crippen LogP contribution in [0.4, 0.5) is 0 Å². The van der Waals surface area contributed by atoms with E-state index in [1.807, 2.05) is 43.4 Å². The van der Waals surface area contributed by atoms with E-state index in [9.17, 15) is 19.8 Å². The van der Waals surface area contributed by atoms with E-state index in [2.05, 4.69) is 0 Å². The van der Waals surface area contributed by atoms with Crippen LogP contribution in [0.25, 0.3) is 0 Å². The van der Waals surface area contributed by atoms with Crippen LogP contribution in [0.3, 0.4) is 0 Å². The molecule has 0 saturated heterocycles. The van der Waals surface area contributed by atoms with Crippen LogP contribution in [0.15, 0.2) is 48.6 Å². The molecular formula is C22H32O5. The lowest BCUT2D eigenvalue weighted by Crippen LogP contribution is -2.18. The minimum atomic E-state index is -0.784. The minimum Gasteiger partial charge on any atom is -0.481 e. The number of aliphatic hydroxyl groups excluding tert-OH is 2. The highest BCUT2D eigenvalue weighted by molar-refractivity contribution is 5.84. The van der Waals surface area contributed by atoms with E-state index < -0.39 is 18.2 Å². The molecule has 0 bridgehead atoms. The van der Waals surface area contributed by atoms with E-state index >= 15 is 0 Å². The fraction of sp³-hybridized carbons (Fsp3) is 0.545. The van der Waals surface area contributed by atoms with Gasteiger partial charge in [-0.3, -0.25) is 9.59 Å². The number of allylic oxidation sites excluding steroid dienone is 6. The van der Waals surface area contributed by atoms with E-state index in [4.69, 9.17) is 5.11 Å². The summed E-state index contributed by atoms with van der Waals surface area (Å²) in [6.45, 7) is 1.88. The molecule has 3 N–H and O–H groups in total. The van der Waals surface area contributed by atoms with Gasteiger partial charge in [-0.2, -0.15) is 0 Å². The zero-order valence-corrected chi connectivity index (χ0v) is 16.0. The Morgan fingerprint density at radius 1 is 1.15 bits per heavy atom. The number of rotatable bonds is 12. The predicted octanol–water partition coefficient (Wildman–Crippen LogP) is 3.58. The van der Waals surface area contributed by atoms with Gasteiger partial charge >= 0.3 is 5.97 Å². The van der Waals surface area contributed by atoms with E-state index in [0.29, 0.717) is 19.3 Å². The van der Waals surface area contributed by atoms with Crippen LogP contribution in [0.5, 0.6) is 0 Å². The van der Waals surface area contributed by atoms with Crippen LogP contribution >= 0.6 is 0 Å². The molecule has 5 nitrogen and oxygen atoms in total. The predicted molar refractivity (Wildman–Crippen MR) is 106 cm³/mol. The molecule has 0 heterocycles. The highest BCUT2D eigenvalue weighted by Crippen LogP contribution is 2.33. The average molecular weight is 376 g/mol. The molecule has 0 spiro atoms. The van der Waals surface area contributed by atoms with E-state index in [-0.39, 0.29) is 30.5 Å². The average Bonchev–Trinajstić information content (AvgIpc) is 2.90. The molecule has 0 radical (unpaired) electrons. The quantitative estimate of drug-likeness (QED) is 0.453. The molecule has 0 aromatic rings. The van der Waals surface area contributed by atoms with Crippen molar-refractivity contribution in [2.45, 2.75) is 64.1 Å². The molecule has 1 saturated carbocycles. The molecule has 0 aliphatic heterocycles. The highest BCUT2D eigenvalue weighted by atomic mass is 16.4. The van der Waals surface area contributed by atoms with Crippen LogP contribution < -0.4 is 0 Å². The second-order valence-corrected chi connectivity index (χ2v) is 6.84. The smallest absolute Gasteiger partial charge is 0.303 e. The van der Waals surface area contributed by atoms with Gasteiger partial charge in [-0.15, -0.1) is 0 Å². The summed E-state index contributed by atoms with van der Waals surface area (Å²) >= 11 is 0. The topological polar surface area (TPSA) is 94.8 Å². The molecule has 4 atom stereocenters. The standard InChI is InChI=1S/C22H32O5/c1-2-17(23)14-15-19-18(20(24)16-21(19)25)12-10-8-6-4-3-5-7-9-11-13-22(26)27/h3-4,7-10,14-15,17-19,21,23,25H,2,5-6,11-13,16H2,1H3,(H,26,27)/b4-3-,9-7-,10-8-,15-14+/t17-,18-,19+,21+/m1/s1. The molecule has 27 heavy (non-hydrogen) atoms. The first kappa shape index (κ1) is 23.1. The number of carbonyl (C=O) groups excluding carboxylic acids is 1. The molecular weight excluding hydrogens is 344 g/mol. The Morgan fingerprint density at radius 2 is 1.78 bits per heavy atom. The second-order valence-electron chi connectivity index (χ2n) is 6.84. The lowest BCUT2D eigenvalue weighted by molar-refractivity contribution is -0.136. The normalized spacial score (nSPS) is 24.9. The Kier molecular flexibility index (Phi) is 11.3. The summed E-state index contributed by atoms with van der Waals surface area (Å²) in [4.78, 5) is 22.5. The van der Waals surface area contributed by atoms with Crippen molar-refractivity contribution < 1.29 is 24.9 Å². The molecule has 1 aliphatic carbocycles. The fourth-order valence-electron chi connectivity index (χ4n) is 3.03. The number of Topliss-reactive ketones (excluding diaryl/α,β-unsaturated/α-hetero) is 1. The number of carboxylic acids is 1. The number of hydrogen-bond acceptors (Lipinski definition) is 4. The maximum absolute atomic E-state index is 12.1. The Hall–Kier alpha value is -1.98. The number of ketones is 1. The third-order valence-electron chi connectivity index (χ3n) is 4.67. The number of aliphatic hydroxyl groups is 2. The number of hydrogen-bond donors (Lipinski definition) is 3. The van der Waals surface area contributed by atoms with Gasteiger partial charge in [-0.1, -0.05) is 55.5 Å². The van der Waals surface area contributed by atoms with Crippen molar-refractivity contribution in [1.82, 2.24) is 0 Å². The fourth-order valence-corrected chi connectivity index (χ4v) is 3.03. The van der Waals surface area contributed by atoms with Crippen molar-refractivity contribution in [2.24, 2.45) is 11.8 Å². The molecule has 1 aliphatic rings. The molecule has 0 unspecified atom stereocenters. The van der Waals surface area contributed by atoms with Gasteiger partial charge in [0.2, 0.25) is 0 Å². The molecule has 0 aromatic heterocycles. The van der Waals surface area contributed by atoms with Crippen molar-refractivity contribution in [1.29, 1.82) is 0 Å². The van der Waals surface area contributed by atoms with Gasteiger partial charge in [0.15, 0.2) is 0 Å². The van der Waals surface area contributed by atoms with Gasteiger partial charge in [-0.05, 0) is 32.1 Å².